The average molecular weight is 209 g/mol. The summed E-state index contributed by atoms with van der Waals surface area (Å²) < 4.78 is 0.844. The van der Waals surface area contributed by atoms with Crippen molar-refractivity contribution in [3.63, 3.8) is 0 Å². The second kappa shape index (κ2) is 8.34. The Hall–Kier alpha value is -0.260. The maximum atomic E-state index is 9.44. The second-order valence-corrected chi connectivity index (χ2v) is 4.03. The van der Waals surface area contributed by atoms with Gasteiger partial charge in [0.1, 0.15) is 6.54 Å². The van der Waals surface area contributed by atoms with Crippen LogP contribution >= 0.6 is 12.6 Å². The highest BCUT2D eigenvalue weighted by molar-refractivity contribution is 7.80. The van der Waals surface area contributed by atoms with Crippen LogP contribution in [0.4, 0.5) is 0 Å². The fraction of sp³-hybridized carbons (Fsp3) is 0.875. The minimum Gasteiger partial charge on any atom is -0.550 e. The summed E-state index contributed by atoms with van der Waals surface area (Å²) in [5.41, 5.74) is 0. The van der Waals surface area contributed by atoms with E-state index in [1.807, 2.05) is 0 Å². The van der Waals surface area contributed by atoms with E-state index in [0.29, 0.717) is 5.75 Å². The maximum Gasteiger partial charge on any atom is 0.101 e. The number of thiol groups is 1. The molecule has 0 bridgehead atoms. The number of hydrogen-bond donors (Lipinski definition) is 2. The van der Waals surface area contributed by atoms with Crippen molar-refractivity contribution < 1.29 is 19.5 Å². The topological polar surface area (TPSA) is 60.4 Å². The van der Waals surface area contributed by atoms with Crippen LogP contribution in [0.25, 0.3) is 0 Å². The molecule has 0 atom stereocenters. The number of carbonyl (C=O) groups is 1. The number of aliphatic carboxylic acids is 1. The van der Waals surface area contributed by atoms with Gasteiger partial charge < -0.3 is 19.5 Å². The molecule has 0 aliphatic carbocycles. The molecular weight excluding hydrogens is 190 g/mol. The van der Waals surface area contributed by atoms with Crippen molar-refractivity contribution in [3.05, 3.63) is 0 Å². The Morgan fingerprint density at radius 2 is 1.92 bits per heavy atom. The van der Waals surface area contributed by atoms with Crippen LogP contribution in [0.3, 0.4) is 0 Å². The molecule has 4 nitrogen and oxygen atoms in total. The molecule has 0 radical (unpaired) electrons. The third-order valence-corrected chi connectivity index (χ3v) is 1.31. The fourth-order valence-corrected chi connectivity index (χ4v) is 0.574. The minimum absolute atomic E-state index is 0.0448. The molecule has 80 valence electrons. The van der Waals surface area contributed by atoms with Crippen LogP contribution in [0, 0.1) is 0 Å². The molecule has 0 aromatic carbocycles. The van der Waals surface area contributed by atoms with Crippen molar-refractivity contribution in [1.29, 1.82) is 0 Å². The van der Waals surface area contributed by atoms with Crippen molar-refractivity contribution in [3.8, 4) is 0 Å². The van der Waals surface area contributed by atoms with Crippen LogP contribution < -0.4 is 5.11 Å². The molecule has 0 amide bonds. The van der Waals surface area contributed by atoms with E-state index in [-0.39, 0.29) is 13.0 Å². The average Bonchev–Trinajstić information content (AvgIpc) is 1.84. The Labute approximate surface area is 85.2 Å². The van der Waals surface area contributed by atoms with Gasteiger partial charge >= 0.3 is 0 Å². The third-order valence-electron chi connectivity index (χ3n) is 1.09. The minimum atomic E-state index is -1.04. The molecule has 0 fully saturated rings. The van der Waals surface area contributed by atoms with Crippen molar-refractivity contribution in [2.45, 2.75) is 6.42 Å². The first kappa shape index (κ1) is 15.2. The van der Waals surface area contributed by atoms with E-state index in [2.05, 4.69) is 33.8 Å². The predicted molar refractivity (Wildman–Crippen MR) is 53.5 cm³/mol. The Morgan fingerprint density at radius 3 is 1.92 bits per heavy atom. The summed E-state index contributed by atoms with van der Waals surface area (Å²) in [6.07, 6.45) is 0.0448. The van der Waals surface area contributed by atoms with E-state index in [9.17, 15) is 9.90 Å². The van der Waals surface area contributed by atoms with Gasteiger partial charge in [-0.05, 0) is 12.2 Å². The smallest absolute Gasteiger partial charge is 0.101 e. The number of nitrogens with zero attached hydrogens (tertiary/aromatic N) is 1. The summed E-state index contributed by atoms with van der Waals surface area (Å²) in [6, 6.07) is 0. The van der Waals surface area contributed by atoms with Gasteiger partial charge in [-0.2, -0.15) is 12.6 Å². The van der Waals surface area contributed by atoms with E-state index >= 15 is 0 Å². The first-order valence-electron chi connectivity index (χ1n) is 4.05. The highest BCUT2D eigenvalue weighted by Gasteiger charge is 2.02. The molecule has 1 N–H and O–H groups in total. The lowest BCUT2D eigenvalue weighted by atomic mass is 10.5. The Balaban J connectivity index is 0. The largest absolute Gasteiger partial charge is 0.550 e. The number of quaternary nitrogens is 1. The molecule has 0 spiro atoms. The molecule has 0 rings (SSSR count). The number of rotatable bonds is 4. The molecule has 0 heterocycles. The zero-order chi connectivity index (χ0) is 10.9. The van der Waals surface area contributed by atoms with Crippen molar-refractivity contribution in [2.75, 3.05) is 40.0 Å². The SMILES string of the molecule is C[N+](C)(C)CCO.O=C([O-])CCS. The van der Waals surface area contributed by atoms with E-state index in [0.717, 1.165) is 11.0 Å². The Bertz CT molecular complexity index is 134. The zero-order valence-electron chi connectivity index (χ0n) is 8.49. The number of carbonyl (C=O) groups excluding carboxylic acids is 1. The number of carboxylic acid groups (broad SMARTS) is 1. The van der Waals surface area contributed by atoms with Crippen LogP contribution in [0.15, 0.2) is 0 Å². The van der Waals surface area contributed by atoms with E-state index in [1.54, 1.807) is 0 Å². The van der Waals surface area contributed by atoms with Crippen molar-refractivity contribution >= 4 is 18.6 Å². The van der Waals surface area contributed by atoms with Crippen LogP contribution in [0.1, 0.15) is 6.42 Å². The number of aliphatic hydroxyl groups is 1. The number of likely N-dealkylation sites (N-methyl/N-ethyl adjacent to an activating group) is 1. The lowest BCUT2D eigenvalue weighted by Crippen LogP contribution is -2.36. The van der Waals surface area contributed by atoms with Gasteiger partial charge in [0.2, 0.25) is 0 Å². The molecule has 0 aliphatic heterocycles. The zero-order valence-corrected chi connectivity index (χ0v) is 9.38. The first-order valence-corrected chi connectivity index (χ1v) is 4.68. The van der Waals surface area contributed by atoms with E-state index < -0.39 is 5.97 Å². The molecule has 0 aliphatic rings. The lowest BCUT2D eigenvalue weighted by Gasteiger charge is -2.21. The molecule has 0 aromatic heterocycles. The quantitative estimate of drug-likeness (QED) is 0.449. The van der Waals surface area contributed by atoms with Gasteiger partial charge in [-0.1, -0.05) is 0 Å². The van der Waals surface area contributed by atoms with E-state index in [4.69, 9.17) is 5.11 Å². The molecule has 5 heteroatoms. The molecule has 0 saturated carbocycles. The van der Waals surface area contributed by atoms with Gasteiger partial charge in [0.15, 0.2) is 0 Å². The number of carboxylic acids is 1. The number of hydrogen-bond acceptors (Lipinski definition) is 4. The van der Waals surface area contributed by atoms with Gasteiger partial charge in [-0.3, -0.25) is 0 Å². The highest BCUT2D eigenvalue weighted by atomic mass is 32.1. The Kier molecular flexibility index (Phi) is 9.77. The summed E-state index contributed by atoms with van der Waals surface area (Å²) in [6.45, 7) is 1.11. The third kappa shape index (κ3) is 24.5. The standard InChI is InChI=1S/C5H14NO.C3H6O2S/c1-6(2,3)4-5-7;4-3(5)1-2-6/h7H,4-5H2,1-3H3;6H,1-2H2,(H,4,5)/q+1;/p-1. The lowest BCUT2D eigenvalue weighted by molar-refractivity contribution is -0.870. The van der Waals surface area contributed by atoms with Gasteiger partial charge in [0.05, 0.1) is 27.7 Å². The monoisotopic (exact) mass is 209 g/mol. The van der Waals surface area contributed by atoms with Crippen LogP contribution in [-0.4, -0.2) is 55.6 Å². The predicted octanol–water partition coefficient (Wildman–Crippen LogP) is -1.26. The van der Waals surface area contributed by atoms with Gasteiger partial charge in [0.25, 0.3) is 0 Å². The Morgan fingerprint density at radius 1 is 1.46 bits per heavy atom. The van der Waals surface area contributed by atoms with Gasteiger partial charge in [-0.25, -0.2) is 0 Å². The molecule has 0 aromatic rings. The normalized spacial score (nSPS) is 10.2. The van der Waals surface area contributed by atoms with Crippen molar-refractivity contribution in [2.24, 2.45) is 0 Å². The summed E-state index contributed by atoms with van der Waals surface area (Å²) in [5, 5.41) is 17.8. The molecule has 13 heavy (non-hydrogen) atoms. The number of aliphatic hydroxyl groups excluding tert-OH is 1. The van der Waals surface area contributed by atoms with Crippen molar-refractivity contribution in [1.82, 2.24) is 0 Å². The fourth-order valence-electron chi connectivity index (χ4n) is 0.391. The maximum absolute atomic E-state index is 9.44. The van der Waals surface area contributed by atoms with Gasteiger partial charge in [-0.15, -0.1) is 0 Å². The molecular formula is C8H19NO3S. The summed E-state index contributed by atoms with van der Waals surface area (Å²) in [4.78, 5) is 9.44. The summed E-state index contributed by atoms with van der Waals surface area (Å²) >= 11 is 3.64. The van der Waals surface area contributed by atoms with Crippen LogP contribution in [0.2, 0.25) is 0 Å². The molecule has 0 unspecified atom stereocenters. The van der Waals surface area contributed by atoms with Gasteiger partial charge in [0, 0.05) is 5.97 Å². The first-order chi connectivity index (χ1) is 5.83. The van der Waals surface area contributed by atoms with Crippen LogP contribution in [0.5, 0.6) is 0 Å². The highest BCUT2D eigenvalue weighted by Crippen LogP contribution is 1.84. The summed E-state index contributed by atoms with van der Waals surface area (Å²) in [7, 11) is 6.16. The van der Waals surface area contributed by atoms with E-state index in [1.165, 1.54) is 0 Å². The molecule has 0 saturated heterocycles. The summed E-state index contributed by atoms with van der Waals surface area (Å²) in [5.74, 6) is -0.674. The van der Waals surface area contributed by atoms with Crippen LogP contribution in [-0.2, 0) is 4.79 Å². The second-order valence-electron chi connectivity index (χ2n) is 3.58.